The molecule has 2 aromatic rings. The molecule has 1 aliphatic heterocycles. The van der Waals surface area contributed by atoms with Gasteiger partial charge in [-0.05, 0) is 36.2 Å². The molecule has 1 saturated heterocycles. The van der Waals surface area contributed by atoms with Crippen molar-refractivity contribution < 1.29 is 13.3 Å². The normalized spacial score (nSPS) is 15.4. The van der Waals surface area contributed by atoms with Crippen LogP contribution in [-0.2, 0) is 16.6 Å². The Bertz CT molecular complexity index is 998. The smallest absolute Gasteiger partial charge is 0.293 e. The fourth-order valence-corrected chi connectivity index (χ4v) is 4.41. The van der Waals surface area contributed by atoms with Gasteiger partial charge in [-0.3, -0.25) is 14.4 Å². The minimum Gasteiger partial charge on any atom is -0.375 e. The summed E-state index contributed by atoms with van der Waals surface area (Å²) in [5.74, 6) is 0.146. The summed E-state index contributed by atoms with van der Waals surface area (Å²) in [5, 5.41) is 23.0. The molecule has 134 valence electrons. The van der Waals surface area contributed by atoms with Crippen LogP contribution in [-0.4, -0.2) is 25.6 Å². The van der Waals surface area contributed by atoms with E-state index in [2.05, 4.69) is 5.32 Å². The standard InChI is InChI=1S/C17H16N4O4S/c18-11-13-5-6-16(17(10-13)21(22)23)19-12-14-3-1-4-15(9-14)20-7-2-8-26(20,24)25/h1,3-6,9-10,19H,2,7-8,12H2. The van der Waals surface area contributed by atoms with Crippen LogP contribution in [0, 0.1) is 21.4 Å². The average Bonchev–Trinajstić information content (AvgIpc) is 2.99. The van der Waals surface area contributed by atoms with Crippen LogP contribution in [0.1, 0.15) is 17.5 Å². The maximum atomic E-state index is 12.0. The number of anilines is 2. The lowest BCUT2D eigenvalue weighted by Gasteiger charge is -2.18. The van der Waals surface area contributed by atoms with Crippen molar-refractivity contribution in [3.63, 3.8) is 0 Å². The molecule has 8 nitrogen and oxygen atoms in total. The van der Waals surface area contributed by atoms with Gasteiger partial charge >= 0.3 is 0 Å². The fourth-order valence-electron chi connectivity index (χ4n) is 2.85. The van der Waals surface area contributed by atoms with E-state index in [-0.39, 0.29) is 23.5 Å². The maximum Gasteiger partial charge on any atom is 0.293 e. The summed E-state index contributed by atoms with van der Waals surface area (Å²) >= 11 is 0. The van der Waals surface area contributed by atoms with Gasteiger partial charge in [0.25, 0.3) is 5.69 Å². The summed E-state index contributed by atoms with van der Waals surface area (Å²) in [5.41, 5.74) is 1.72. The number of hydrogen-bond donors (Lipinski definition) is 1. The third-order valence-electron chi connectivity index (χ3n) is 4.10. The van der Waals surface area contributed by atoms with Crippen LogP contribution >= 0.6 is 0 Å². The lowest BCUT2D eigenvalue weighted by molar-refractivity contribution is -0.384. The maximum absolute atomic E-state index is 12.0. The van der Waals surface area contributed by atoms with E-state index in [9.17, 15) is 18.5 Å². The molecule has 1 N–H and O–H groups in total. The van der Waals surface area contributed by atoms with Crippen molar-refractivity contribution in [3.8, 4) is 6.07 Å². The van der Waals surface area contributed by atoms with E-state index in [0.29, 0.717) is 24.3 Å². The molecule has 0 aliphatic carbocycles. The predicted octanol–water partition coefficient (Wildman–Crippen LogP) is 2.62. The van der Waals surface area contributed by atoms with E-state index in [0.717, 1.165) is 5.56 Å². The Kier molecular flexibility index (Phi) is 4.77. The van der Waals surface area contributed by atoms with Crippen molar-refractivity contribution in [2.45, 2.75) is 13.0 Å². The van der Waals surface area contributed by atoms with Crippen LogP contribution in [0.25, 0.3) is 0 Å². The van der Waals surface area contributed by atoms with Crippen molar-refractivity contribution in [2.24, 2.45) is 0 Å². The molecule has 0 saturated carbocycles. The van der Waals surface area contributed by atoms with E-state index in [1.165, 1.54) is 22.5 Å². The van der Waals surface area contributed by atoms with Crippen LogP contribution in [0.2, 0.25) is 0 Å². The molecule has 0 spiro atoms. The van der Waals surface area contributed by atoms with E-state index in [1.54, 1.807) is 18.2 Å². The topological polar surface area (TPSA) is 116 Å². The Hall–Kier alpha value is -3.12. The lowest BCUT2D eigenvalue weighted by atomic mass is 10.1. The summed E-state index contributed by atoms with van der Waals surface area (Å²) in [4.78, 5) is 10.6. The molecule has 1 fully saturated rings. The van der Waals surface area contributed by atoms with Crippen molar-refractivity contribution >= 4 is 27.1 Å². The van der Waals surface area contributed by atoms with Gasteiger partial charge in [-0.15, -0.1) is 0 Å². The molecule has 26 heavy (non-hydrogen) atoms. The number of hydrogen-bond acceptors (Lipinski definition) is 6. The molecular formula is C17H16N4O4S. The Morgan fingerprint density at radius 3 is 2.73 bits per heavy atom. The summed E-state index contributed by atoms with van der Waals surface area (Å²) in [6, 6.07) is 13.1. The third kappa shape index (κ3) is 3.60. The summed E-state index contributed by atoms with van der Waals surface area (Å²) < 4.78 is 25.5. The molecule has 1 aliphatic rings. The second-order valence-corrected chi connectivity index (χ2v) is 7.88. The summed E-state index contributed by atoms with van der Waals surface area (Å²) in [6.45, 7) is 0.745. The van der Waals surface area contributed by atoms with Crippen molar-refractivity contribution in [3.05, 3.63) is 63.7 Å². The van der Waals surface area contributed by atoms with E-state index in [1.807, 2.05) is 12.1 Å². The minimum atomic E-state index is -3.26. The number of sulfonamides is 1. The van der Waals surface area contributed by atoms with Crippen LogP contribution in [0.5, 0.6) is 0 Å². The van der Waals surface area contributed by atoms with Gasteiger partial charge in [0.1, 0.15) is 5.69 Å². The predicted molar refractivity (Wildman–Crippen MR) is 97.3 cm³/mol. The highest BCUT2D eigenvalue weighted by Crippen LogP contribution is 2.27. The van der Waals surface area contributed by atoms with Gasteiger partial charge in [-0.1, -0.05) is 12.1 Å². The Morgan fingerprint density at radius 2 is 2.08 bits per heavy atom. The summed E-state index contributed by atoms with van der Waals surface area (Å²) in [6.07, 6.45) is 0.599. The molecule has 0 atom stereocenters. The number of rotatable bonds is 5. The Morgan fingerprint density at radius 1 is 1.27 bits per heavy atom. The molecule has 0 amide bonds. The highest BCUT2D eigenvalue weighted by atomic mass is 32.2. The van der Waals surface area contributed by atoms with Gasteiger partial charge in [-0.2, -0.15) is 5.26 Å². The minimum absolute atomic E-state index is 0.146. The van der Waals surface area contributed by atoms with Crippen molar-refractivity contribution in [1.29, 1.82) is 5.26 Å². The van der Waals surface area contributed by atoms with E-state index in [4.69, 9.17) is 5.26 Å². The first kappa shape index (κ1) is 17.7. The molecule has 3 rings (SSSR count). The number of nitro groups is 1. The molecule has 2 aromatic carbocycles. The fraction of sp³-hybridized carbons (Fsp3) is 0.235. The summed E-state index contributed by atoms with van der Waals surface area (Å²) in [7, 11) is -3.26. The number of nitrogens with one attached hydrogen (secondary N) is 1. The third-order valence-corrected chi connectivity index (χ3v) is 5.97. The second kappa shape index (κ2) is 7.01. The molecule has 0 bridgehead atoms. The van der Waals surface area contributed by atoms with Gasteiger partial charge in [0.15, 0.2) is 0 Å². The largest absolute Gasteiger partial charge is 0.375 e. The van der Waals surface area contributed by atoms with Crippen LogP contribution in [0.3, 0.4) is 0 Å². The molecule has 1 heterocycles. The zero-order valence-electron chi connectivity index (χ0n) is 13.8. The quantitative estimate of drug-likeness (QED) is 0.637. The van der Waals surface area contributed by atoms with Gasteiger partial charge in [0, 0.05) is 19.2 Å². The molecular weight excluding hydrogens is 356 g/mol. The molecule has 0 radical (unpaired) electrons. The number of nitriles is 1. The SMILES string of the molecule is N#Cc1ccc(NCc2cccc(N3CCCS3(=O)=O)c2)c([N+](=O)[O-])c1. The lowest BCUT2D eigenvalue weighted by Crippen LogP contribution is -2.25. The first-order chi connectivity index (χ1) is 12.4. The Balaban J connectivity index is 1.80. The number of nitro benzene ring substituents is 1. The monoisotopic (exact) mass is 372 g/mol. The van der Waals surface area contributed by atoms with Gasteiger partial charge in [-0.25, -0.2) is 8.42 Å². The molecule has 0 unspecified atom stereocenters. The van der Waals surface area contributed by atoms with Gasteiger partial charge in [0.2, 0.25) is 10.0 Å². The highest BCUT2D eigenvalue weighted by Gasteiger charge is 2.28. The zero-order chi connectivity index (χ0) is 18.7. The molecule has 9 heteroatoms. The Labute approximate surface area is 150 Å². The van der Waals surface area contributed by atoms with Crippen molar-refractivity contribution in [2.75, 3.05) is 21.9 Å². The molecule has 0 aromatic heterocycles. The zero-order valence-corrected chi connectivity index (χ0v) is 14.6. The first-order valence-electron chi connectivity index (χ1n) is 7.92. The number of nitrogens with zero attached hydrogens (tertiary/aromatic N) is 3. The number of benzene rings is 2. The van der Waals surface area contributed by atoms with Crippen LogP contribution in [0.4, 0.5) is 17.1 Å². The average molecular weight is 372 g/mol. The van der Waals surface area contributed by atoms with E-state index >= 15 is 0 Å². The first-order valence-corrected chi connectivity index (χ1v) is 9.53. The van der Waals surface area contributed by atoms with E-state index < -0.39 is 14.9 Å². The second-order valence-electron chi connectivity index (χ2n) is 5.87. The van der Waals surface area contributed by atoms with Gasteiger partial charge < -0.3 is 5.32 Å². The highest BCUT2D eigenvalue weighted by molar-refractivity contribution is 7.93. The van der Waals surface area contributed by atoms with Crippen molar-refractivity contribution in [1.82, 2.24) is 0 Å². The van der Waals surface area contributed by atoms with Crippen LogP contribution < -0.4 is 9.62 Å². The van der Waals surface area contributed by atoms with Gasteiger partial charge in [0.05, 0.1) is 28.0 Å². The van der Waals surface area contributed by atoms with Crippen LogP contribution in [0.15, 0.2) is 42.5 Å².